The van der Waals surface area contributed by atoms with Gasteiger partial charge in [0.2, 0.25) is 0 Å². The number of nitrogens with two attached hydrogens (primary N) is 1. The minimum Gasteiger partial charge on any atom is -0.318 e. The average molecular weight is 561 g/mol. The summed E-state index contributed by atoms with van der Waals surface area (Å²) in [5, 5.41) is 6.43. The van der Waals surface area contributed by atoms with Gasteiger partial charge in [0, 0.05) is 51.5 Å². The molecule has 2 aromatic carbocycles. The highest BCUT2D eigenvalue weighted by atomic mass is 35.5. The van der Waals surface area contributed by atoms with Gasteiger partial charge in [-0.2, -0.15) is 0 Å². The van der Waals surface area contributed by atoms with Gasteiger partial charge in [0.1, 0.15) is 0 Å². The number of nitrogens with zero attached hydrogens (tertiary/aromatic N) is 1. The van der Waals surface area contributed by atoms with Crippen LogP contribution in [0.1, 0.15) is 67.1 Å². The van der Waals surface area contributed by atoms with Crippen LogP contribution in [0.4, 0.5) is 0 Å². The maximum absolute atomic E-state index is 13.7. The Hall–Kier alpha value is -2.39. The molecule has 1 atom stereocenters. The van der Waals surface area contributed by atoms with E-state index in [1.54, 1.807) is 68.7 Å². The van der Waals surface area contributed by atoms with Crippen molar-refractivity contribution in [2.75, 3.05) is 5.75 Å². The fraction of sp³-hybridized carbons (Fsp3) is 0.357. The molecule has 0 unspecified atom stereocenters. The Balaban J connectivity index is 2.28. The highest BCUT2D eigenvalue weighted by Gasteiger charge is 2.26. The molecule has 3 rings (SSSR count). The van der Waals surface area contributed by atoms with Gasteiger partial charge in [0.05, 0.1) is 5.75 Å². The maximum atomic E-state index is 13.7. The zero-order chi connectivity index (χ0) is 27.5. The molecule has 0 bridgehead atoms. The second-order valence-corrected chi connectivity index (χ2v) is 14.1. The van der Waals surface area contributed by atoms with E-state index in [4.69, 9.17) is 16.7 Å². The van der Waals surface area contributed by atoms with Gasteiger partial charge in [-0.1, -0.05) is 49.5 Å². The third-order valence-electron chi connectivity index (χ3n) is 6.46. The Kier molecular flexibility index (Phi) is 9.11. The summed E-state index contributed by atoms with van der Waals surface area (Å²) in [5.41, 5.74) is 3.36. The van der Waals surface area contributed by atoms with Gasteiger partial charge >= 0.3 is 0 Å². The predicted molar refractivity (Wildman–Crippen MR) is 154 cm³/mol. The number of aromatic nitrogens is 1. The molecule has 6 nitrogen and oxygen atoms in total. The SMILES string of the molecule is CCS(=O)(=O)Cc1ccc(C(=O)c2ccc(Cl)cc2)c(-c2cn(C)c(=O)cc2[C@@H](C)CC(C)(C)SN)c1. The van der Waals surface area contributed by atoms with Gasteiger partial charge in [0.15, 0.2) is 15.6 Å². The quantitative estimate of drug-likeness (QED) is 0.250. The molecular weight excluding hydrogens is 528 g/mol. The van der Waals surface area contributed by atoms with Crippen LogP contribution in [0, 0.1) is 0 Å². The first kappa shape index (κ1) is 29.2. The molecule has 0 saturated heterocycles. The van der Waals surface area contributed by atoms with E-state index in [9.17, 15) is 18.0 Å². The van der Waals surface area contributed by atoms with Gasteiger partial charge in [-0.15, -0.1) is 0 Å². The van der Waals surface area contributed by atoms with Crippen molar-refractivity contribution in [2.24, 2.45) is 12.2 Å². The van der Waals surface area contributed by atoms with E-state index in [1.807, 2.05) is 20.8 Å². The Morgan fingerprint density at radius 3 is 2.35 bits per heavy atom. The number of halogens is 1. The van der Waals surface area contributed by atoms with E-state index in [2.05, 4.69) is 0 Å². The summed E-state index contributed by atoms with van der Waals surface area (Å²) in [6.07, 6.45) is 2.42. The first-order chi connectivity index (χ1) is 17.3. The van der Waals surface area contributed by atoms with Gasteiger partial charge in [-0.25, -0.2) is 8.42 Å². The first-order valence-electron chi connectivity index (χ1n) is 12.0. The molecular formula is C28H33ClN2O4S2. The van der Waals surface area contributed by atoms with Crippen molar-refractivity contribution in [3.05, 3.63) is 92.4 Å². The number of rotatable bonds is 10. The van der Waals surface area contributed by atoms with Crippen molar-refractivity contribution in [2.45, 2.75) is 50.5 Å². The number of benzene rings is 2. The zero-order valence-electron chi connectivity index (χ0n) is 21.7. The largest absolute Gasteiger partial charge is 0.318 e. The average Bonchev–Trinajstić information content (AvgIpc) is 2.85. The highest BCUT2D eigenvalue weighted by molar-refractivity contribution is 7.98. The molecule has 9 heteroatoms. The number of carbonyl (C=O) groups excluding carboxylic acids is 1. The van der Waals surface area contributed by atoms with Crippen LogP contribution in [-0.4, -0.2) is 29.3 Å². The third kappa shape index (κ3) is 7.13. The lowest BCUT2D eigenvalue weighted by Crippen LogP contribution is -2.23. The number of pyridine rings is 1. The molecule has 0 saturated carbocycles. The standard InChI is InChI=1S/C28H33ClN2O4S2/c1-6-37(34,35)17-19-7-12-22(27(33)20-8-10-21(29)11-9-20)24(13-19)25-16-31(5)26(32)14-23(25)18(2)15-28(3,4)36-30/h7-14,16,18H,6,15,17,30H2,1-5H3/t18-/m0/s1. The fourth-order valence-corrected chi connectivity index (χ4v) is 5.75. The second kappa shape index (κ2) is 11.6. The van der Waals surface area contributed by atoms with Gasteiger partial charge in [-0.05, 0) is 73.2 Å². The predicted octanol–water partition coefficient (Wildman–Crippen LogP) is 5.75. The van der Waals surface area contributed by atoms with Crippen LogP contribution in [0.25, 0.3) is 11.1 Å². The molecule has 0 aliphatic carbocycles. The summed E-state index contributed by atoms with van der Waals surface area (Å²) in [6, 6.07) is 13.3. The van der Waals surface area contributed by atoms with Crippen LogP contribution in [-0.2, 0) is 22.6 Å². The number of carbonyl (C=O) groups is 1. The Labute approximate surface area is 228 Å². The molecule has 198 valence electrons. The molecule has 0 spiro atoms. The molecule has 0 fully saturated rings. The van der Waals surface area contributed by atoms with Crippen LogP contribution in [0.2, 0.25) is 5.02 Å². The molecule has 0 aliphatic heterocycles. The fourth-order valence-electron chi connectivity index (χ4n) is 4.39. The maximum Gasteiger partial charge on any atom is 0.250 e. The smallest absolute Gasteiger partial charge is 0.250 e. The number of hydrogen-bond donors (Lipinski definition) is 1. The lowest BCUT2D eigenvalue weighted by molar-refractivity contribution is 0.103. The number of hydrogen-bond acceptors (Lipinski definition) is 6. The minimum absolute atomic E-state index is 0.0156. The van der Waals surface area contributed by atoms with Crippen molar-refractivity contribution in [3.63, 3.8) is 0 Å². The van der Waals surface area contributed by atoms with Crippen LogP contribution in [0.5, 0.6) is 0 Å². The summed E-state index contributed by atoms with van der Waals surface area (Å²) < 4.78 is 26.1. The molecule has 0 amide bonds. The van der Waals surface area contributed by atoms with E-state index in [0.717, 1.165) is 5.56 Å². The Morgan fingerprint density at radius 1 is 1.11 bits per heavy atom. The van der Waals surface area contributed by atoms with Crippen molar-refractivity contribution >= 4 is 39.2 Å². The van der Waals surface area contributed by atoms with Crippen molar-refractivity contribution in [3.8, 4) is 11.1 Å². The molecule has 1 aromatic heterocycles. The molecule has 2 N–H and O–H groups in total. The Bertz CT molecular complexity index is 1460. The zero-order valence-corrected chi connectivity index (χ0v) is 24.1. The lowest BCUT2D eigenvalue weighted by Gasteiger charge is -2.27. The summed E-state index contributed by atoms with van der Waals surface area (Å²) in [5.74, 6) is -0.403. The van der Waals surface area contributed by atoms with Gasteiger partial charge in [0.25, 0.3) is 5.56 Å². The van der Waals surface area contributed by atoms with Crippen LogP contribution in [0.3, 0.4) is 0 Å². The Morgan fingerprint density at radius 2 is 1.76 bits per heavy atom. The molecule has 1 heterocycles. The van der Waals surface area contributed by atoms with E-state index in [0.29, 0.717) is 39.3 Å². The van der Waals surface area contributed by atoms with Crippen LogP contribution in [0.15, 0.2) is 59.5 Å². The minimum atomic E-state index is -3.30. The van der Waals surface area contributed by atoms with E-state index >= 15 is 0 Å². The molecule has 37 heavy (non-hydrogen) atoms. The van der Waals surface area contributed by atoms with E-state index < -0.39 is 9.84 Å². The summed E-state index contributed by atoms with van der Waals surface area (Å²) in [7, 11) is -1.64. The van der Waals surface area contributed by atoms with E-state index in [1.165, 1.54) is 16.5 Å². The monoisotopic (exact) mass is 560 g/mol. The molecule has 3 aromatic rings. The van der Waals surface area contributed by atoms with Crippen molar-refractivity contribution < 1.29 is 13.2 Å². The van der Waals surface area contributed by atoms with Gasteiger partial charge < -0.3 is 4.57 Å². The van der Waals surface area contributed by atoms with E-state index in [-0.39, 0.29) is 33.5 Å². The molecule has 0 radical (unpaired) electrons. The summed E-state index contributed by atoms with van der Waals surface area (Å²) >= 11 is 7.29. The lowest BCUT2D eigenvalue weighted by atomic mass is 9.84. The number of sulfone groups is 1. The van der Waals surface area contributed by atoms with Gasteiger partial charge in [-0.3, -0.25) is 14.7 Å². The topological polar surface area (TPSA) is 99.2 Å². The second-order valence-electron chi connectivity index (χ2n) is 9.97. The van der Waals surface area contributed by atoms with Crippen LogP contribution < -0.4 is 10.7 Å². The first-order valence-corrected chi connectivity index (χ1v) is 15.1. The third-order valence-corrected chi connectivity index (χ3v) is 9.17. The van der Waals surface area contributed by atoms with Crippen LogP contribution >= 0.6 is 23.5 Å². The van der Waals surface area contributed by atoms with Crippen molar-refractivity contribution in [1.82, 2.24) is 4.57 Å². The number of ketones is 1. The number of aryl methyl sites for hydroxylation is 1. The molecule has 0 aliphatic rings. The van der Waals surface area contributed by atoms with Crippen molar-refractivity contribution in [1.29, 1.82) is 0 Å². The normalized spacial score (nSPS) is 12.9. The highest BCUT2D eigenvalue weighted by Crippen LogP contribution is 2.38. The summed E-state index contributed by atoms with van der Waals surface area (Å²) in [4.78, 5) is 26.4. The summed E-state index contributed by atoms with van der Waals surface area (Å²) in [6.45, 7) is 7.72.